The number of hydrogen-bond donors (Lipinski definition) is 1. The molecule has 0 saturated carbocycles. The molecule has 26 heavy (non-hydrogen) atoms. The van der Waals surface area contributed by atoms with E-state index in [-0.39, 0.29) is 17.9 Å². The number of ether oxygens (including phenoxy) is 1. The maximum Gasteiger partial charge on any atom is 0.254 e. The number of pyridine rings is 1. The molecule has 0 spiro atoms. The van der Waals surface area contributed by atoms with Crippen molar-refractivity contribution in [3.63, 3.8) is 0 Å². The quantitative estimate of drug-likeness (QED) is 0.654. The van der Waals surface area contributed by atoms with E-state index in [1.54, 1.807) is 12.0 Å². The zero-order valence-electron chi connectivity index (χ0n) is 14.9. The minimum Gasteiger partial charge on any atom is -0.619 e. The monoisotopic (exact) mass is 356 g/mol. The van der Waals surface area contributed by atoms with Gasteiger partial charge in [-0.2, -0.15) is 4.73 Å². The molecular weight excluding hydrogens is 332 g/mol. The van der Waals surface area contributed by atoms with Crippen molar-refractivity contribution in [3.8, 4) is 5.75 Å². The molecule has 1 aromatic heterocycles. The van der Waals surface area contributed by atoms with Gasteiger partial charge in [0.15, 0.2) is 12.4 Å². The fourth-order valence-corrected chi connectivity index (χ4v) is 3.66. The van der Waals surface area contributed by atoms with Gasteiger partial charge in [0.2, 0.25) is 0 Å². The minimum absolute atomic E-state index is 0.0172. The van der Waals surface area contributed by atoms with E-state index in [0.717, 1.165) is 24.2 Å². The number of rotatable bonds is 5. The SMILES string of the molecule is COc1cccc(CC2(CO)CCCN(C(=O)c3cc[n+]([O-])cc3)C2)c1. The lowest BCUT2D eigenvalue weighted by Gasteiger charge is -2.42. The number of aliphatic hydroxyl groups excluding tert-OH is 1. The van der Waals surface area contributed by atoms with Crippen LogP contribution in [-0.2, 0) is 6.42 Å². The lowest BCUT2D eigenvalue weighted by molar-refractivity contribution is -0.605. The van der Waals surface area contributed by atoms with Crippen molar-refractivity contribution in [1.82, 2.24) is 4.90 Å². The second-order valence-corrected chi connectivity index (χ2v) is 6.96. The van der Waals surface area contributed by atoms with Crippen LogP contribution in [0.15, 0.2) is 48.8 Å². The number of aromatic nitrogens is 1. The normalized spacial score (nSPS) is 20.0. The summed E-state index contributed by atoms with van der Waals surface area (Å²) < 4.78 is 5.94. The summed E-state index contributed by atoms with van der Waals surface area (Å²) in [5.41, 5.74) is 1.21. The summed E-state index contributed by atoms with van der Waals surface area (Å²) in [7, 11) is 1.63. The number of carbonyl (C=O) groups excluding carboxylic acids is 1. The Morgan fingerprint density at radius 3 is 2.81 bits per heavy atom. The molecule has 138 valence electrons. The van der Waals surface area contributed by atoms with Crippen LogP contribution in [0.5, 0.6) is 5.75 Å². The summed E-state index contributed by atoms with van der Waals surface area (Å²) in [4.78, 5) is 14.6. The highest BCUT2D eigenvalue weighted by Crippen LogP contribution is 2.34. The largest absolute Gasteiger partial charge is 0.619 e. The summed E-state index contributed by atoms with van der Waals surface area (Å²) in [6.07, 6.45) is 5.03. The zero-order chi connectivity index (χ0) is 18.6. The standard InChI is InChI=1S/C20H24N2O4/c1-26-18-5-2-4-16(12-18)13-20(15-23)8-3-9-21(14-20)19(24)17-6-10-22(25)11-7-17/h2,4-7,10-12,23H,3,8-9,13-15H2,1H3. The van der Waals surface area contributed by atoms with Crippen molar-refractivity contribution in [2.75, 3.05) is 26.8 Å². The van der Waals surface area contributed by atoms with Gasteiger partial charge in [0, 0.05) is 30.6 Å². The first-order chi connectivity index (χ1) is 12.5. The topological polar surface area (TPSA) is 76.7 Å². The molecule has 1 aromatic carbocycles. The molecule has 0 aliphatic carbocycles. The van der Waals surface area contributed by atoms with Gasteiger partial charge in [-0.15, -0.1) is 0 Å². The molecule has 3 rings (SSSR count). The highest BCUT2D eigenvalue weighted by atomic mass is 16.5. The Morgan fingerprint density at radius 1 is 1.35 bits per heavy atom. The van der Waals surface area contributed by atoms with Crippen molar-refractivity contribution in [1.29, 1.82) is 0 Å². The van der Waals surface area contributed by atoms with E-state index in [1.165, 1.54) is 24.5 Å². The molecule has 1 N–H and O–H groups in total. The Bertz CT molecular complexity index is 763. The van der Waals surface area contributed by atoms with Crippen molar-refractivity contribution in [2.45, 2.75) is 19.3 Å². The van der Waals surface area contributed by atoms with Crippen LogP contribution in [0, 0.1) is 10.6 Å². The van der Waals surface area contributed by atoms with Gasteiger partial charge in [-0.25, -0.2) is 0 Å². The first-order valence-corrected chi connectivity index (χ1v) is 8.77. The van der Waals surface area contributed by atoms with Crippen molar-refractivity contribution < 1.29 is 19.4 Å². The minimum atomic E-state index is -0.368. The second-order valence-electron chi connectivity index (χ2n) is 6.96. The van der Waals surface area contributed by atoms with Crippen molar-refractivity contribution >= 4 is 5.91 Å². The molecule has 6 heteroatoms. The molecule has 1 saturated heterocycles. The number of piperidine rings is 1. The molecule has 1 unspecified atom stereocenters. The Labute approximate surface area is 153 Å². The molecule has 1 aliphatic heterocycles. The number of likely N-dealkylation sites (tertiary alicyclic amines) is 1. The smallest absolute Gasteiger partial charge is 0.254 e. The third-order valence-corrected chi connectivity index (χ3v) is 5.05. The van der Waals surface area contributed by atoms with Gasteiger partial charge in [0.25, 0.3) is 5.91 Å². The number of methoxy groups -OCH3 is 1. The molecule has 1 atom stereocenters. The predicted octanol–water partition coefficient (Wildman–Crippen LogP) is 1.79. The first kappa shape index (κ1) is 18.2. The van der Waals surface area contributed by atoms with Crippen molar-refractivity contribution in [3.05, 3.63) is 65.1 Å². The molecule has 2 heterocycles. The van der Waals surface area contributed by atoms with E-state index in [4.69, 9.17) is 4.74 Å². The van der Waals surface area contributed by atoms with Crippen LogP contribution in [0.2, 0.25) is 0 Å². The predicted molar refractivity (Wildman–Crippen MR) is 96.8 cm³/mol. The van der Waals surface area contributed by atoms with E-state index < -0.39 is 0 Å². The van der Waals surface area contributed by atoms with E-state index in [2.05, 4.69) is 0 Å². The van der Waals surface area contributed by atoms with Gasteiger partial charge in [-0.1, -0.05) is 12.1 Å². The number of nitrogens with zero attached hydrogens (tertiary/aromatic N) is 2. The molecule has 1 aliphatic rings. The van der Waals surface area contributed by atoms with Gasteiger partial charge in [-0.3, -0.25) is 4.79 Å². The Hall–Kier alpha value is -2.60. The van der Waals surface area contributed by atoms with Crippen LogP contribution in [0.3, 0.4) is 0 Å². The number of benzene rings is 1. The summed E-state index contributed by atoms with van der Waals surface area (Å²) >= 11 is 0. The van der Waals surface area contributed by atoms with Crippen LogP contribution in [0.25, 0.3) is 0 Å². The van der Waals surface area contributed by atoms with Crippen LogP contribution < -0.4 is 9.47 Å². The van der Waals surface area contributed by atoms with Crippen LogP contribution in [0.4, 0.5) is 0 Å². The third-order valence-electron chi connectivity index (χ3n) is 5.05. The maximum atomic E-state index is 12.8. The van der Waals surface area contributed by atoms with Gasteiger partial charge in [-0.05, 0) is 37.0 Å². The van der Waals surface area contributed by atoms with Crippen LogP contribution in [0.1, 0.15) is 28.8 Å². The summed E-state index contributed by atoms with van der Waals surface area (Å²) in [6, 6.07) is 10.9. The van der Waals surface area contributed by atoms with Gasteiger partial charge in [0.05, 0.1) is 19.3 Å². The third kappa shape index (κ3) is 3.96. The lowest BCUT2D eigenvalue weighted by atomic mass is 9.75. The molecular formula is C20H24N2O4. The highest BCUT2D eigenvalue weighted by Gasteiger charge is 2.37. The molecule has 0 bridgehead atoms. The number of carbonyl (C=O) groups is 1. The highest BCUT2D eigenvalue weighted by molar-refractivity contribution is 5.94. The first-order valence-electron chi connectivity index (χ1n) is 8.77. The van der Waals surface area contributed by atoms with Crippen LogP contribution in [-0.4, -0.2) is 42.7 Å². The summed E-state index contributed by atoms with van der Waals surface area (Å²) in [6.45, 7) is 1.17. The number of aliphatic hydroxyl groups is 1. The number of amides is 1. The molecule has 1 amide bonds. The molecule has 1 fully saturated rings. The fraction of sp³-hybridized carbons (Fsp3) is 0.400. The Balaban J connectivity index is 1.77. The average molecular weight is 356 g/mol. The fourth-order valence-electron chi connectivity index (χ4n) is 3.66. The van der Waals surface area contributed by atoms with E-state index in [0.29, 0.717) is 29.8 Å². The van der Waals surface area contributed by atoms with Gasteiger partial charge >= 0.3 is 0 Å². The zero-order valence-corrected chi connectivity index (χ0v) is 14.9. The Morgan fingerprint density at radius 2 is 2.12 bits per heavy atom. The van der Waals surface area contributed by atoms with E-state index >= 15 is 0 Å². The van der Waals surface area contributed by atoms with E-state index in [9.17, 15) is 15.1 Å². The van der Waals surface area contributed by atoms with Crippen LogP contribution >= 0.6 is 0 Å². The summed E-state index contributed by atoms with van der Waals surface area (Å²) in [5, 5.41) is 21.3. The number of hydrogen-bond acceptors (Lipinski definition) is 4. The van der Waals surface area contributed by atoms with Gasteiger partial charge in [0.1, 0.15) is 5.75 Å². The molecule has 6 nitrogen and oxygen atoms in total. The Kier molecular flexibility index (Phi) is 5.42. The lowest BCUT2D eigenvalue weighted by Crippen LogP contribution is -2.49. The van der Waals surface area contributed by atoms with Crippen molar-refractivity contribution in [2.24, 2.45) is 5.41 Å². The maximum absolute atomic E-state index is 12.8. The van der Waals surface area contributed by atoms with E-state index in [1.807, 2.05) is 24.3 Å². The average Bonchev–Trinajstić information content (AvgIpc) is 2.68. The molecule has 2 aromatic rings. The molecule has 0 radical (unpaired) electrons. The van der Waals surface area contributed by atoms with Gasteiger partial charge < -0.3 is 20.0 Å². The second kappa shape index (κ2) is 7.74. The summed E-state index contributed by atoms with van der Waals surface area (Å²) in [5.74, 6) is 0.684.